The summed E-state index contributed by atoms with van der Waals surface area (Å²) in [4.78, 5) is 4.18. The van der Waals surface area contributed by atoms with Gasteiger partial charge in [-0.3, -0.25) is 0 Å². The molecule has 0 amide bonds. The van der Waals surface area contributed by atoms with Crippen LogP contribution in [0.15, 0.2) is 29.3 Å². The Hall–Kier alpha value is -1.58. The van der Waals surface area contributed by atoms with E-state index in [2.05, 4.69) is 11.9 Å². The first-order chi connectivity index (χ1) is 8.15. The van der Waals surface area contributed by atoms with Gasteiger partial charge in [0.25, 0.3) is 6.02 Å². The van der Waals surface area contributed by atoms with Gasteiger partial charge in [0, 0.05) is 0 Å². The van der Waals surface area contributed by atoms with Crippen molar-refractivity contribution in [2.75, 3.05) is 6.61 Å². The molecule has 0 saturated heterocycles. The molecule has 2 atom stereocenters. The fraction of sp³-hybridized carbons (Fsp3) is 0.462. The van der Waals surface area contributed by atoms with E-state index in [9.17, 15) is 4.39 Å². The van der Waals surface area contributed by atoms with Crippen molar-refractivity contribution in [1.29, 1.82) is 0 Å². The standard InChI is InChI=1S/C13H17FN2O/c1-9(10-3-5-11(14)6-4-10)2-7-12-8-17-13(15)16-12/h3-6,9,12H,2,7-8H2,1H3,(H2,15,16)/t9?,12-/m0/s1. The van der Waals surface area contributed by atoms with Gasteiger partial charge in [-0.2, -0.15) is 0 Å². The Bertz CT molecular complexity index is 402. The second-order valence-electron chi connectivity index (χ2n) is 4.46. The van der Waals surface area contributed by atoms with Crippen molar-refractivity contribution in [3.8, 4) is 0 Å². The van der Waals surface area contributed by atoms with Crippen molar-refractivity contribution in [2.24, 2.45) is 10.7 Å². The summed E-state index contributed by atoms with van der Waals surface area (Å²) in [7, 11) is 0. The molecule has 0 fully saturated rings. The molecule has 1 aromatic carbocycles. The summed E-state index contributed by atoms with van der Waals surface area (Å²) in [5.74, 6) is 0.204. The quantitative estimate of drug-likeness (QED) is 0.872. The van der Waals surface area contributed by atoms with Crippen LogP contribution in [-0.2, 0) is 4.74 Å². The summed E-state index contributed by atoms with van der Waals surface area (Å²) in [5.41, 5.74) is 6.60. The minimum absolute atomic E-state index is 0.179. The molecule has 0 spiro atoms. The second kappa shape index (κ2) is 5.17. The molecule has 3 nitrogen and oxygen atoms in total. The van der Waals surface area contributed by atoms with Crippen LogP contribution in [0.5, 0.6) is 0 Å². The lowest BCUT2D eigenvalue weighted by molar-refractivity contribution is 0.304. The molecule has 2 rings (SSSR count). The number of nitrogens with zero attached hydrogens (tertiary/aromatic N) is 1. The molecule has 0 radical (unpaired) electrons. The van der Waals surface area contributed by atoms with E-state index in [1.807, 2.05) is 12.1 Å². The largest absolute Gasteiger partial charge is 0.463 e. The highest BCUT2D eigenvalue weighted by atomic mass is 19.1. The van der Waals surface area contributed by atoms with Crippen LogP contribution in [0, 0.1) is 5.82 Å². The van der Waals surface area contributed by atoms with Crippen LogP contribution < -0.4 is 5.73 Å². The Kier molecular flexibility index (Phi) is 3.61. The maximum Gasteiger partial charge on any atom is 0.282 e. The highest BCUT2D eigenvalue weighted by Crippen LogP contribution is 2.23. The monoisotopic (exact) mass is 236 g/mol. The van der Waals surface area contributed by atoms with Crippen LogP contribution in [0.1, 0.15) is 31.2 Å². The zero-order valence-electron chi connectivity index (χ0n) is 9.90. The average molecular weight is 236 g/mol. The van der Waals surface area contributed by atoms with Gasteiger partial charge in [-0.15, -0.1) is 0 Å². The van der Waals surface area contributed by atoms with Crippen LogP contribution >= 0.6 is 0 Å². The van der Waals surface area contributed by atoms with Gasteiger partial charge in [0.1, 0.15) is 12.4 Å². The molecule has 1 heterocycles. The third kappa shape index (κ3) is 3.19. The summed E-state index contributed by atoms with van der Waals surface area (Å²) in [6.07, 6.45) is 1.94. The maximum absolute atomic E-state index is 12.8. The Morgan fingerprint density at radius 1 is 1.47 bits per heavy atom. The number of hydrogen-bond acceptors (Lipinski definition) is 3. The van der Waals surface area contributed by atoms with E-state index in [0.29, 0.717) is 18.5 Å². The number of nitrogens with two attached hydrogens (primary N) is 1. The normalized spacial score (nSPS) is 20.8. The van der Waals surface area contributed by atoms with Gasteiger partial charge in [-0.1, -0.05) is 19.1 Å². The minimum atomic E-state index is -0.192. The molecule has 1 aliphatic rings. The maximum atomic E-state index is 12.8. The van der Waals surface area contributed by atoms with Gasteiger partial charge in [0.15, 0.2) is 0 Å². The van der Waals surface area contributed by atoms with Gasteiger partial charge >= 0.3 is 0 Å². The van der Waals surface area contributed by atoms with Crippen molar-refractivity contribution in [1.82, 2.24) is 0 Å². The van der Waals surface area contributed by atoms with Gasteiger partial charge in [-0.05, 0) is 36.5 Å². The lowest BCUT2D eigenvalue weighted by atomic mass is 9.94. The van der Waals surface area contributed by atoms with E-state index in [1.54, 1.807) is 0 Å². The third-order valence-electron chi connectivity index (χ3n) is 3.11. The average Bonchev–Trinajstić information content (AvgIpc) is 2.73. The fourth-order valence-electron chi connectivity index (χ4n) is 1.98. The van der Waals surface area contributed by atoms with Crippen LogP contribution in [0.4, 0.5) is 4.39 Å². The number of halogens is 1. The van der Waals surface area contributed by atoms with E-state index in [4.69, 9.17) is 10.5 Å². The fourth-order valence-corrected chi connectivity index (χ4v) is 1.98. The Morgan fingerprint density at radius 3 is 2.76 bits per heavy atom. The molecule has 2 N–H and O–H groups in total. The zero-order valence-corrected chi connectivity index (χ0v) is 9.90. The lowest BCUT2D eigenvalue weighted by Gasteiger charge is -2.13. The molecule has 1 unspecified atom stereocenters. The van der Waals surface area contributed by atoms with Gasteiger partial charge in [0.2, 0.25) is 0 Å². The van der Waals surface area contributed by atoms with E-state index in [0.717, 1.165) is 18.4 Å². The SMILES string of the molecule is CC(CC[C@H]1COC(N)=N1)c1ccc(F)cc1. The number of hydrogen-bond donors (Lipinski definition) is 1. The molecule has 4 heteroatoms. The zero-order chi connectivity index (χ0) is 12.3. The Morgan fingerprint density at radius 2 is 2.18 bits per heavy atom. The molecule has 0 saturated carbocycles. The van der Waals surface area contributed by atoms with Crippen LogP contribution in [-0.4, -0.2) is 18.7 Å². The number of aliphatic imine (C=N–C) groups is 1. The van der Waals surface area contributed by atoms with Crippen molar-refractivity contribution in [3.63, 3.8) is 0 Å². The van der Waals surface area contributed by atoms with Crippen LogP contribution in [0.2, 0.25) is 0 Å². The Balaban J connectivity index is 1.85. The number of rotatable bonds is 4. The first-order valence-electron chi connectivity index (χ1n) is 5.86. The number of amidine groups is 1. The summed E-state index contributed by atoms with van der Waals surface area (Å²) in [6, 6.07) is 7.15. The van der Waals surface area contributed by atoms with E-state index < -0.39 is 0 Å². The highest BCUT2D eigenvalue weighted by molar-refractivity contribution is 5.72. The molecular weight excluding hydrogens is 219 g/mol. The molecular formula is C13H17FN2O. The summed E-state index contributed by atoms with van der Waals surface area (Å²) in [5, 5.41) is 0. The molecule has 0 bridgehead atoms. The van der Waals surface area contributed by atoms with Crippen LogP contribution in [0.25, 0.3) is 0 Å². The lowest BCUT2D eigenvalue weighted by Crippen LogP contribution is -2.10. The van der Waals surface area contributed by atoms with E-state index >= 15 is 0 Å². The molecule has 17 heavy (non-hydrogen) atoms. The van der Waals surface area contributed by atoms with Gasteiger partial charge in [0.05, 0.1) is 6.04 Å². The number of ether oxygens (including phenoxy) is 1. The third-order valence-corrected chi connectivity index (χ3v) is 3.11. The molecule has 1 aliphatic heterocycles. The Labute approximate surface area is 100 Å². The van der Waals surface area contributed by atoms with Gasteiger partial charge in [-0.25, -0.2) is 9.38 Å². The summed E-state index contributed by atoms with van der Waals surface area (Å²) < 4.78 is 17.9. The predicted octanol–water partition coefficient (Wildman–Crippen LogP) is 2.42. The van der Waals surface area contributed by atoms with Crippen molar-refractivity contribution < 1.29 is 9.13 Å². The first-order valence-corrected chi connectivity index (χ1v) is 5.86. The molecule has 1 aromatic rings. The van der Waals surface area contributed by atoms with Crippen LogP contribution in [0.3, 0.4) is 0 Å². The highest BCUT2D eigenvalue weighted by Gasteiger charge is 2.17. The van der Waals surface area contributed by atoms with Crippen molar-refractivity contribution in [2.45, 2.75) is 31.7 Å². The molecule has 0 aliphatic carbocycles. The second-order valence-corrected chi connectivity index (χ2v) is 4.46. The van der Waals surface area contributed by atoms with E-state index in [-0.39, 0.29) is 11.9 Å². The predicted molar refractivity (Wildman–Crippen MR) is 65.4 cm³/mol. The van der Waals surface area contributed by atoms with Crippen molar-refractivity contribution in [3.05, 3.63) is 35.6 Å². The molecule has 92 valence electrons. The smallest absolute Gasteiger partial charge is 0.282 e. The topological polar surface area (TPSA) is 47.6 Å². The summed E-state index contributed by atoms with van der Waals surface area (Å²) in [6.45, 7) is 2.72. The van der Waals surface area contributed by atoms with Crippen molar-refractivity contribution >= 4 is 6.02 Å². The van der Waals surface area contributed by atoms with E-state index in [1.165, 1.54) is 12.1 Å². The van der Waals surface area contributed by atoms with Gasteiger partial charge < -0.3 is 10.5 Å². The number of benzene rings is 1. The first kappa shape index (κ1) is 11.9. The summed E-state index contributed by atoms with van der Waals surface area (Å²) >= 11 is 0. The molecule has 0 aromatic heterocycles. The minimum Gasteiger partial charge on any atom is -0.463 e.